The van der Waals surface area contributed by atoms with Crippen LogP contribution < -0.4 is 4.90 Å². The molecule has 9 heavy (non-hydrogen) atoms. The third kappa shape index (κ3) is 0.700. The van der Waals surface area contributed by atoms with Crippen molar-refractivity contribution in [3.05, 3.63) is 7.05 Å². The highest BCUT2D eigenvalue weighted by Gasteiger charge is 2.43. The maximum atomic E-state index is 9.30. The zero-order valence-electron chi connectivity index (χ0n) is 5.51. The molecule has 2 nitrogen and oxygen atoms in total. The number of rotatable bonds is 0. The molecule has 1 aliphatic heterocycles. The van der Waals surface area contributed by atoms with E-state index in [4.69, 9.17) is 0 Å². The van der Waals surface area contributed by atoms with E-state index in [0.717, 1.165) is 13.0 Å². The highest BCUT2D eigenvalue weighted by atomic mass is 16.3. The predicted octanol–water partition coefficient (Wildman–Crippen LogP) is -1.18. The van der Waals surface area contributed by atoms with Crippen LogP contribution in [0.15, 0.2) is 0 Å². The number of piperidine rings is 1. The first-order valence-electron chi connectivity index (χ1n) is 3.63. The van der Waals surface area contributed by atoms with Crippen LogP contribution in [-0.2, 0) is 0 Å². The molecule has 3 unspecified atom stereocenters. The molecule has 0 aromatic heterocycles. The van der Waals surface area contributed by atoms with Gasteiger partial charge in [-0.1, -0.05) is 0 Å². The average molecular weight is 127 g/mol. The van der Waals surface area contributed by atoms with Crippen molar-refractivity contribution >= 4 is 0 Å². The zero-order chi connectivity index (χ0) is 6.43. The second kappa shape index (κ2) is 1.70. The van der Waals surface area contributed by atoms with Crippen LogP contribution in [0.2, 0.25) is 0 Å². The highest BCUT2D eigenvalue weighted by Crippen LogP contribution is 2.27. The lowest BCUT2D eigenvalue weighted by molar-refractivity contribution is -0.873. The summed E-state index contributed by atoms with van der Waals surface area (Å²) < 4.78 is 0. The third-order valence-corrected chi connectivity index (χ3v) is 2.76. The molecule has 1 aliphatic carbocycles. The Labute approximate surface area is 55.5 Å². The Morgan fingerprint density at radius 1 is 1.44 bits per heavy atom. The van der Waals surface area contributed by atoms with Gasteiger partial charge in [-0.2, -0.15) is 7.05 Å². The van der Waals surface area contributed by atoms with Crippen LogP contribution in [0, 0.1) is 13.0 Å². The maximum absolute atomic E-state index is 9.30. The van der Waals surface area contributed by atoms with E-state index in [1.165, 1.54) is 11.3 Å². The zero-order valence-corrected chi connectivity index (χ0v) is 5.51. The van der Waals surface area contributed by atoms with Gasteiger partial charge in [0.15, 0.2) is 0 Å². The number of quaternary nitrogens is 1. The van der Waals surface area contributed by atoms with Crippen LogP contribution in [0.5, 0.6) is 0 Å². The van der Waals surface area contributed by atoms with Crippen molar-refractivity contribution in [3.63, 3.8) is 0 Å². The largest absolute Gasteiger partial charge is 0.465 e. The number of likely N-dealkylation sites (tertiary alicyclic amines) is 1. The summed E-state index contributed by atoms with van der Waals surface area (Å²) in [7, 11) is 3.96. The molecule has 0 spiro atoms. The number of aliphatic hydroxyl groups is 1. The first-order valence-corrected chi connectivity index (χ1v) is 3.63. The van der Waals surface area contributed by atoms with Crippen LogP contribution in [0.4, 0.5) is 0 Å². The molecule has 1 heterocycles. The quantitative estimate of drug-likeness (QED) is 0.393. The Balaban J connectivity index is 2.10. The molecule has 2 aliphatic rings. The van der Waals surface area contributed by atoms with Crippen molar-refractivity contribution in [1.29, 1.82) is 0 Å². The molecule has 1 saturated carbocycles. The minimum Gasteiger partial charge on any atom is -0.465 e. The van der Waals surface area contributed by atoms with E-state index in [1.54, 1.807) is 0 Å². The topological polar surface area (TPSA) is 24.7 Å². The SMILES string of the molecule is [CH2-][NH+]1CC2CC1C[C@H]2O. The molecule has 2 heteroatoms. The molecule has 52 valence electrons. The van der Waals surface area contributed by atoms with Gasteiger partial charge in [0.05, 0.1) is 18.7 Å². The van der Waals surface area contributed by atoms with Crippen LogP contribution >= 0.6 is 0 Å². The van der Waals surface area contributed by atoms with Gasteiger partial charge in [-0.05, 0) is 0 Å². The monoisotopic (exact) mass is 127 g/mol. The first kappa shape index (κ1) is 5.69. The minimum atomic E-state index is 0.000463. The van der Waals surface area contributed by atoms with Gasteiger partial charge in [0.25, 0.3) is 0 Å². The Kier molecular flexibility index (Phi) is 1.08. The molecule has 0 amide bonds. The summed E-state index contributed by atoms with van der Waals surface area (Å²) >= 11 is 0. The van der Waals surface area contributed by atoms with Gasteiger partial charge in [-0.25, -0.2) is 0 Å². The van der Waals surface area contributed by atoms with Gasteiger partial charge in [-0.3, -0.25) is 0 Å². The van der Waals surface area contributed by atoms with E-state index >= 15 is 0 Å². The summed E-state index contributed by atoms with van der Waals surface area (Å²) in [6.07, 6.45) is 2.20. The van der Waals surface area contributed by atoms with Crippen molar-refractivity contribution in [3.8, 4) is 0 Å². The summed E-state index contributed by atoms with van der Waals surface area (Å²) in [5.74, 6) is 0.572. The van der Waals surface area contributed by atoms with Gasteiger partial charge < -0.3 is 10.0 Å². The molecule has 0 aromatic rings. The number of nitrogens with one attached hydrogen (secondary N) is 1. The fraction of sp³-hybridized carbons (Fsp3) is 0.857. The second-order valence-electron chi connectivity index (χ2n) is 3.36. The smallest absolute Gasteiger partial charge is 0.0679 e. The molecule has 0 radical (unpaired) electrons. The van der Waals surface area contributed by atoms with Gasteiger partial charge in [0.2, 0.25) is 0 Å². The fourth-order valence-electron chi connectivity index (χ4n) is 2.16. The minimum absolute atomic E-state index is 0.000463. The lowest BCUT2D eigenvalue weighted by Crippen LogP contribution is -3.09. The molecule has 1 saturated heterocycles. The molecular weight excluding hydrogens is 114 g/mol. The van der Waals surface area contributed by atoms with Gasteiger partial charge in [-0.15, -0.1) is 0 Å². The molecule has 2 rings (SSSR count). The van der Waals surface area contributed by atoms with E-state index in [9.17, 15) is 5.11 Å². The number of aliphatic hydroxyl groups excluding tert-OH is 1. The molecule has 2 fully saturated rings. The molecule has 2 N–H and O–H groups in total. The molecular formula is C7H13NO. The summed E-state index contributed by atoms with van der Waals surface area (Å²) in [5, 5.41) is 9.30. The van der Waals surface area contributed by atoms with Crippen molar-refractivity contribution in [2.24, 2.45) is 5.92 Å². The summed E-state index contributed by atoms with van der Waals surface area (Å²) in [5.41, 5.74) is 0. The third-order valence-electron chi connectivity index (χ3n) is 2.76. The number of hydrogen-bond acceptors (Lipinski definition) is 1. The van der Waals surface area contributed by atoms with Crippen molar-refractivity contribution in [2.45, 2.75) is 25.0 Å². The molecule has 2 bridgehead atoms. The second-order valence-corrected chi connectivity index (χ2v) is 3.36. The van der Waals surface area contributed by atoms with Crippen molar-refractivity contribution in [1.82, 2.24) is 0 Å². The van der Waals surface area contributed by atoms with Crippen molar-refractivity contribution < 1.29 is 10.0 Å². The van der Waals surface area contributed by atoms with Crippen LogP contribution in [0.3, 0.4) is 0 Å². The Bertz CT molecular complexity index is 108. The van der Waals surface area contributed by atoms with Crippen LogP contribution in [0.1, 0.15) is 12.8 Å². The van der Waals surface area contributed by atoms with Gasteiger partial charge >= 0.3 is 0 Å². The highest BCUT2D eigenvalue weighted by molar-refractivity contribution is 4.87. The van der Waals surface area contributed by atoms with E-state index in [-0.39, 0.29) is 6.10 Å². The number of hydrogen-bond donors (Lipinski definition) is 2. The average Bonchev–Trinajstić information content (AvgIpc) is 2.24. The Morgan fingerprint density at radius 3 is 2.56 bits per heavy atom. The van der Waals surface area contributed by atoms with E-state index in [0.29, 0.717) is 12.0 Å². The van der Waals surface area contributed by atoms with Gasteiger partial charge in [0.1, 0.15) is 0 Å². The normalized spacial score (nSPS) is 56.7. The molecule has 0 aromatic carbocycles. The lowest BCUT2D eigenvalue weighted by atomic mass is 10.1. The maximum Gasteiger partial charge on any atom is 0.0679 e. The predicted molar refractivity (Wildman–Crippen MR) is 33.7 cm³/mol. The lowest BCUT2D eigenvalue weighted by Gasteiger charge is -2.27. The fourth-order valence-corrected chi connectivity index (χ4v) is 2.16. The summed E-state index contributed by atoms with van der Waals surface area (Å²) in [4.78, 5) is 1.38. The first-order chi connectivity index (χ1) is 4.27. The van der Waals surface area contributed by atoms with Crippen LogP contribution in [0.25, 0.3) is 0 Å². The Morgan fingerprint density at radius 2 is 2.22 bits per heavy atom. The van der Waals surface area contributed by atoms with Gasteiger partial charge in [0, 0.05) is 18.8 Å². The summed E-state index contributed by atoms with van der Waals surface area (Å²) in [6.45, 7) is 1.09. The van der Waals surface area contributed by atoms with E-state index in [1.807, 2.05) is 0 Å². The standard InChI is InChI=1S/C7H13NO/c1-8-4-5-2-6(8)3-7(5)9/h5-9H,1-4H2/t5?,6?,7-/m1/s1. The van der Waals surface area contributed by atoms with E-state index < -0.39 is 0 Å². The van der Waals surface area contributed by atoms with E-state index in [2.05, 4.69) is 7.05 Å². The van der Waals surface area contributed by atoms with Crippen molar-refractivity contribution in [2.75, 3.05) is 6.54 Å². The molecule has 4 atom stereocenters. The van der Waals surface area contributed by atoms with Crippen LogP contribution in [-0.4, -0.2) is 23.8 Å². The summed E-state index contributed by atoms with van der Waals surface area (Å²) in [6, 6.07) is 0.671. The Hall–Kier alpha value is -0.0800. The number of fused-ring (bicyclic) bond motifs is 2.